The number of nitrogens with one attached hydrogen (secondary N) is 2. The van der Waals surface area contributed by atoms with Crippen LogP contribution in [0.25, 0.3) is 33.1 Å². The number of amides is 1. The number of fused-ring (bicyclic) bond motifs is 3. The number of carbonyl (C=O) groups is 1. The van der Waals surface area contributed by atoms with Gasteiger partial charge in [-0.1, -0.05) is 12.1 Å². The number of nitrogens with two attached hydrogens (primary N) is 1. The molecule has 1 aromatic carbocycles. The lowest BCUT2D eigenvalue weighted by molar-refractivity contribution is -0.122. The molecule has 8 nitrogen and oxygen atoms in total. The van der Waals surface area contributed by atoms with Crippen molar-refractivity contribution in [1.29, 1.82) is 0 Å². The van der Waals surface area contributed by atoms with Crippen LogP contribution in [0.3, 0.4) is 0 Å². The van der Waals surface area contributed by atoms with Crippen molar-refractivity contribution in [2.45, 2.75) is 13.0 Å². The summed E-state index contributed by atoms with van der Waals surface area (Å²) < 4.78 is 25.8. The van der Waals surface area contributed by atoms with Crippen LogP contribution in [0.5, 0.6) is 0 Å². The Morgan fingerprint density at radius 2 is 2.15 bits per heavy atom. The SMILES string of the molecule is Nc1nc2cc(-c3ccn[nH]3)ccc2c2cn(CC(=O)NCC(F)F)nc12. The molecule has 4 rings (SSSR count). The Labute approximate surface area is 151 Å². The van der Waals surface area contributed by atoms with Crippen LogP contribution in [0.2, 0.25) is 0 Å². The molecule has 0 aliphatic rings. The van der Waals surface area contributed by atoms with Crippen molar-refractivity contribution in [3.8, 4) is 11.3 Å². The summed E-state index contributed by atoms with van der Waals surface area (Å²) in [5.41, 5.74) is 8.92. The topological polar surface area (TPSA) is 115 Å². The van der Waals surface area contributed by atoms with Crippen molar-refractivity contribution >= 4 is 33.5 Å². The first-order valence-corrected chi connectivity index (χ1v) is 8.12. The van der Waals surface area contributed by atoms with E-state index in [4.69, 9.17) is 5.73 Å². The maximum Gasteiger partial charge on any atom is 0.255 e. The van der Waals surface area contributed by atoms with E-state index in [9.17, 15) is 13.6 Å². The van der Waals surface area contributed by atoms with Crippen molar-refractivity contribution in [1.82, 2.24) is 30.3 Å². The molecule has 10 heteroatoms. The van der Waals surface area contributed by atoms with Gasteiger partial charge in [-0.3, -0.25) is 14.6 Å². The van der Waals surface area contributed by atoms with Gasteiger partial charge in [0.25, 0.3) is 6.43 Å². The zero-order valence-electron chi connectivity index (χ0n) is 14.0. The molecule has 4 aromatic rings. The fourth-order valence-electron chi connectivity index (χ4n) is 2.90. The minimum absolute atomic E-state index is 0.186. The van der Waals surface area contributed by atoms with Crippen LogP contribution < -0.4 is 11.1 Å². The number of anilines is 1. The molecular weight excluding hydrogens is 356 g/mol. The van der Waals surface area contributed by atoms with Crippen molar-refractivity contribution < 1.29 is 13.6 Å². The molecule has 27 heavy (non-hydrogen) atoms. The molecule has 0 aliphatic carbocycles. The average Bonchev–Trinajstić information content (AvgIpc) is 3.29. The maximum atomic E-state index is 12.2. The van der Waals surface area contributed by atoms with Gasteiger partial charge in [-0.05, 0) is 12.1 Å². The van der Waals surface area contributed by atoms with E-state index >= 15 is 0 Å². The van der Waals surface area contributed by atoms with Crippen LogP contribution in [-0.4, -0.2) is 43.8 Å². The zero-order chi connectivity index (χ0) is 19.0. The number of hydrogen-bond acceptors (Lipinski definition) is 5. The lowest BCUT2D eigenvalue weighted by Crippen LogP contribution is -2.31. The van der Waals surface area contributed by atoms with Crippen LogP contribution in [0.4, 0.5) is 14.6 Å². The maximum absolute atomic E-state index is 12.2. The Balaban J connectivity index is 1.71. The molecule has 0 aliphatic heterocycles. The summed E-state index contributed by atoms with van der Waals surface area (Å²) in [5, 5.41) is 14.8. The standard InChI is InChI=1S/C17H15F2N7O/c18-14(19)6-21-15(27)8-26-7-11-10-2-1-9(12-3-4-22-24-12)5-13(10)23-17(20)16(11)25-26/h1-5,7,14H,6,8H2,(H2,20,23)(H,21,27)(H,22,24). The second-order valence-corrected chi connectivity index (χ2v) is 5.98. The van der Waals surface area contributed by atoms with Gasteiger partial charge in [-0.2, -0.15) is 10.2 Å². The zero-order valence-corrected chi connectivity index (χ0v) is 14.0. The highest BCUT2D eigenvalue weighted by molar-refractivity contribution is 6.08. The van der Waals surface area contributed by atoms with E-state index in [-0.39, 0.29) is 12.4 Å². The number of aromatic amines is 1. The monoisotopic (exact) mass is 371 g/mol. The minimum Gasteiger partial charge on any atom is -0.382 e. The third kappa shape index (κ3) is 3.28. The van der Waals surface area contributed by atoms with Gasteiger partial charge in [-0.15, -0.1) is 0 Å². The van der Waals surface area contributed by atoms with Gasteiger partial charge in [0.15, 0.2) is 5.82 Å². The molecule has 0 atom stereocenters. The molecule has 3 aromatic heterocycles. The number of aromatic nitrogens is 5. The largest absolute Gasteiger partial charge is 0.382 e. The fraction of sp³-hybridized carbons (Fsp3) is 0.176. The quantitative estimate of drug-likeness (QED) is 0.496. The number of hydrogen-bond donors (Lipinski definition) is 3. The number of pyridine rings is 1. The second kappa shape index (κ2) is 6.63. The third-order valence-electron chi connectivity index (χ3n) is 4.10. The summed E-state index contributed by atoms with van der Waals surface area (Å²) in [6, 6.07) is 7.54. The van der Waals surface area contributed by atoms with Gasteiger partial charge < -0.3 is 11.1 Å². The van der Waals surface area contributed by atoms with Gasteiger partial charge in [0.1, 0.15) is 12.1 Å². The predicted molar refractivity (Wildman–Crippen MR) is 96.0 cm³/mol. The highest BCUT2D eigenvalue weighted by atomic mass is 19.3. The van der Waals surface area contributed by atoms with Crippen molar-refractivity contribution in [3.05, 3.63) is 36.7 Å². The molecule has 0 saturated heterocycles. The van der Waals surface area contributed by atoms with E-state index in [1.807, 2.05) is 24.3 Å². The molecule has 3 heterocycles. The molecule has 0 bridgehead atoms. The van der Waals surface area contributed by atoms with Gasteiger partial charge in [0.2, 0.25) is 5.91 Å². The van der Waals surface area contributed by atoms with E-state index < -0.39 is 18.9 Å². The molecule has 0 unspecified atom stereocenters. The van der Waals surface area contributed by atoms with E-state index in [1.54, 1.807) is 12.4 Å². The number of alkyl halides is 2. The fourth-order valence-corrected chi connectivity index (χ4v) is 2.90. The van der Waals surface area contributed by atoms with Crippen molar-refractivity contribution in [2.24, 2.45) is 0 Å². The predicted octanol–water partition coefficient (Wildman–Crippen LogP) is 1.94. The Morgan fingerprint density at radius 3 is 2.89 bits per heavy atom. The highest BCUT2D eigenvalue weighted by Gasteiger charge is 2.14. The minimum atomic E-state index is -2.60. The van der Waals surface area contributed by atoms with Crippen LogP contribution >= 0.6 is 0 Å². The molecule has 0 saturated carbocycles. The summed E-state index contributed by atoms with van der Waals surface area (Å²) in [4.78, 5) is 16.2. The van der Waals surface area contributed by atoms with Gasteiger partial charge in [0, 0.05) is 28.7 Å². The molecule has 0 fully saturated rings. The van der Waals surface area contributed by atoms with E-state index in [2.05, 4.69) is 25.6 Å². The van der Waals surface area contributed by atoms with Crippen molar-refractivity contribution in [3.63, 3.8) is 0 Å². The van der Waals surface area contributed by atoms with Gasteiger partial charge in [-0.25, -0.2) is 13.8 Å². The average molecular weight is 371 g/mol. The van der Waals surface area contributed by atoms with Crippen LogP contribution in [0, 0.1) is 0 Å². The molecule has 4 N–H and O–H groups in total. The highest BCUT2D eigenvalue weighted by Crippen LogP contribution is 2.29. The molecule has 0 spiro atoms. The summed E-state index contributed by atoms with van der Waals surface area (Å²) >= 11 is 0. The number of H-pyrrole nitrogens is 1. The third-order valence-corrected chi connectivity index (χ3v) is 4.10. The molecule has 138 valence electrons. The first-order chi connectivity index (χ1) is 13.0. The Morgan fingerprint density at radius 1 is 1.30 bits per heavy atom. The summed E-state index contributed by atoms with van der Waals surface area (Å²) in [7, 11) is 0. The summed E-state index contributed by atoms with van der Waals surface area (Å²) in [6.07, 6.45) is 0.722. The first kappa shape index (κ1) is 16.9. The smallest absolute Gasteiger partial charge is 0.255 e. The van der Waals surface area contributed by atoms with E-state index in [0.717, 1.165) is 22.0 Å². The number of nitrogens with zero attached hydrogens (tertiary/aromatic N) is 4. The number of nitrogen functional groups attached to an aromatic ring is 1. The Hall–Kier alpha value is -3.56. The summed E-state index contributed by atoms with van der Waals surface area (Å²) in [6.45, 7) is -0.878. The van der Waals surface area contributed by atoms with Crippen molar-refractivity contribution in [2.75, 3.05) is 12.3 Å². The first-order valence-electron chi connectivity index (χ1n) is 8.12. The van der Waals surface area contributed by atoms with E-state index in [0.29, 0.717) is 11.0 Å². The van der Waals surface area contributed by atoms with Crippen LogP contribution in [0.15, 0.2) is 36.7 Å². The molecule has 1 amide bonds. The Kier molecular flexibility index (Phi) is 4.15. The Bertz CT molecular complexity index is 1120. The second-order valence-electron chi connectivity index (χ2n) is 5.98. The van der Waals surface area contributed by atoms with Crippen LogP contribution in [-0.2, 0) is 11.3 Å². The number of rotatable bonds is 5. The number of benzene rings is 1. The molecular formula is C17H15F2N7O. The molecule has 0 radical (unpaired) electrons. The lowest BCUT2D eigenvalue weighted by atomic mass is 10.1. The number of halogens is 2. The van der Waals surface area contributed by atoms with E-state index in [1.165, 1.54) is 4.68 Å². The number of carbonyl (C=O) groups excluding carboxylic acids is 1. The van der Waals surface area contributed by atoms with Crippen LogP contribution in [0.1, 0.15) is 0 Å². The van der Waals surface area contributed by atoms with Gasteiger partial charge in [0.05, 0.1) is 17.8 Å². The summed E-state index contributed by atoms with van der Waals surface area (Å²) in [5.74, 6) is -0.327. The lowest BCUT2D eigenvalue weighted by Gasteiger charge is -2.03. The van der Waals surface area contributed by atoms with Gasteiger partial charge >= 0.3 is 0 Å². The normalized spacial score (nSPS) is 11.5.